The fourth-order valence-corrected chi connectivity index (χ4v) is 0.913. The zero-order valence-electron chi connectivity index (χ0n) is 4.91. The number of aromatic amines is 1. The van der Waals surface area contributed by atoms with Crippen LogP contribution >= 0.6 is 0 Å². The highest BCUT2D eigenvalue weighted by molar-refractivity contribution is 5.35. The summed E-state index contributed by atoms with van der Waals surface area (Å²) in [6, 6.07) is 8.09. The van der Waals surface area contributed by atoms with E-state index in [4.69, 9.17) is 0 Å². The maximum Gasteiger partial charge on any atom is 0.237 e. The van der Waals surface area contributed by atoms with Gasteiger partial charge in [-0.3, -0.25) is 0 Å². The van der Waals surface area contributed by atoms with Crippen molar-refractivity contribution in [3.63, 3.8) is 0 Å². The smallest absolute Gasteiger partial charge is 0.167 e. The van der Waals surface area contributed by atoms with Crippen molar-refractivity contribution < 1.29 is 4.52 Å². The van der Waals surface area contributed by atoms with E-state index in [0.717, 1.165) is 0 Å². The van der Waals surface area contributed by atoms with Gasteiger partial charge >= 0.3 is 0 Å². The van der Waals surface area contributed by atoms with Crippen LogP contribution in [-0.4, -0.2) is 5.10 Å². The Morgan fingerprint density at radius 3 is 3.11 bits per heavy atom. The van der Waals surface area contributed by atoms with Gasteiger partial charge in [0.25, 0.3) is 0 Å². The molecule has 0 spiro atoms. The topological polar surface area (TPSA) is 19.9 Å². The summed E-state index contributed by atoms with van der Waals surface area (Å²) < 4.78 is 1.96. The molecule has 0 fully saturated rings. The number of aromatic nitrogens is 2. The Morgan fingerprint density at radius 2 is 2.22 bits per heavy atom. The van der Waals surface area contributed by atoms with Gasteiger partial charge in [-0.2, -0.15) is 5.10 Å². The first kappa shape index (κ1) is 4.56. The third-order valence-electron chi connectivity index (χ3n) is 1.36. The maximum absolute atomic E-state index is 3.04. The van der Waals surface area contributed by atoms with Crippen LogP contribution in [0, 0.1) is 0 Å². The second-order valence-electron chi connectivity index (χ2n) is 1.96. The van der Waals surface area contributed by atoms with E-state index in [0.29, 0.717) is 0 Å². The Balaban J connectivity index is 2.95. The van der Waals surface area contributed by atoms with E-state index in [2.05, 4.69) is 11.2 Å². The summed E-state index contributed by atoms with van der Waals surface area (Å²) in [6.07, 6.45) is 3.89. The van der Waals surface area contributed by atoms with Gasteiger partial charge in [0.1, 0.15) is 0 Å². The third-order valence-corrected chi connectivity index (χ3v) is 1.36. The average Bonchev–Trinajstić information content (AvgIpc) is 2.33. The molecule has 0 unspecified atom stereocenters. The van der Waals surface area contributed by atoms with E-state index >= 15 is 0 Å². The van der Waals surface area contributed by atoms with Crippen molar-refractivity contribution in [2.24, 2.45) is 0 Å². The van der Waals surface area contributed by atoms with Crippen LogP contribution in [0.15, 0.2) is 36.7 Å². The molecule has 2 aromatic rings. The van der Waals surface area contributed by atoms with Crippen LogP contribution in [0.2, 0.25) is 0 Å². The fourth-order valence-electron chi connectivity index (χ4n) is 0.913. The van der Waals surface area contributed by atoms with E-state index in [-0.39, 0.29) is 0 Å². The molecule has 0 aliphatic rings. The van der Waals surface area contributed by atoms with Crippen molar-refractivity contribution in [3.8, 4) is 0 Å². The monoisotopic (exact) mass is 119 g/mol. The fraction of sp³-hybridized carbons (Fsp3) is 0. The molecule has 0 bridgehead atoms. The Hall–Kier alpha value is -1.31. The van der Waals surface area contributed by atoms with Gasteiger partial charge in [-0.15, -0.1) is 0 Å². The van der Waals surface area contributed by atoms with Crippen LogP contribution in [0.4, 0.5) is 0 Å². The summed E-state index contributed by atoms with van der Waals surface area (Å²) in [5, 5.41) is 3.04. The number of nitrogens with zero attached hydrogens (tertiary/aromatic N) is 1. The molecule has 0 saturated heterocycles. The number of rotatable bonds is 0. The van der Waals surface area contributed by atoms with E-state index < -0.39 is 0 Å². The van der Waals surface area contributed by atoms with Gasteiger partial charge < -0.3 is 0 Å². The minimum Gasteiger partial charge on any atom is -0.167 e. The first-order chi connectivity index (χ1) is 4.47. The van der Waals surface area contributed by atoms with Gasteiger partial charge in [-0.1, -0.05) is 4.52 Å². The SMILES string of the molecule is c1cc[n+]2[nH]ccc2c1. The second-order valence-corrected chi connectivity index (χ2v) is 1.96. The molecule has 0 aromatic carbocycles. The molecule has 2 nitrogen and oxygen atoms in total. The number of H-pyrrole nitrogens is 1. The lowest BCUT2D eigenvalue weighted by atomic mass is 10.4. The summed E-state index contributed by atoms with van der Waals surface area (Å²) in [6.45, 7) is 0. The van der Waals surface area contributed by atoms with Gasteiger partial charge in [-0.05, 0) is 6.07 Å². The van der Waals surface area contributed by atoms with Crippen molar-refractivity contribution in [2.75, 3.05) is 0 Å². The van der Waals surface area contributed by atoms with Crippen molar-refractivity contribution in [3.05, 3.63) is 36.7 Å². The summed E-state index contributed by atoms with van der Waals surface area (Å²) in [4.78, 5) is 0. The lowest BCUT2D eigenvalue weighted by Gasteiger charge is -1.75. The Labute approximate surface area is 52.7 Å². The van der Waals surface area contributed by atoms with E-state index in [9.17, 15) is 0 Å². The van der Waals surface area contributed by atoms with E-state index in [1.54, 1.807) is 0 Å². The number of fused-ring (bicyclic) bond motifs is 1. The van der Waals surface area contributed by atoms with Gasteiger partial charge in [0.05, 0.1) is 6.20 Å². The van der Waals surface area contributed by atoms with Crippen molar-refractivity contribution in [1.82, 2.24) is 5.10 Å². The first-order valence-electron chi connectivity index (χ1n) is 2.90. The van der Waals surface area contributed by atoms with Crippen LogP contribution in [0.3, 0.4) is 0 Å². The van der Waals surface area contributed by atoms with Crippen LogP contribution in [-0.2, 0) is 0 Å². The predicted octanol–water partition coefficient (Wildman–Crippen LogP) is 0.753. The summed E-state index contributed by atoms with van der Waals surface area (Å²) in [5.41, 5.74) is 1.19. The average molecular weight is 119 g/mol. The second kappa shape index (κ2) is 1.58. The zero-order chi connectivity index (χ0) is 6.10. The number of nitrogens with one attached hydrogen (secondary N) is 1. The number of hydrogen-bond donors (Lipinski definition) is 1. The molecular formula is C7H7N2+. The standard InChI is InChI=1S/C7H6N2/c1-2-6-9-7(3-1)4-5-8-9/h1-6H/p+1. The Bertz CT molecular complexity index is 281. The van der Waals surface area contributed by atoms with E-state index in [1.807, 2.05) is 35.1 Å². The Kier molecular flexibility index (Phi) is 0.803. The van der Waals surface area contributed by atoms with Crippen LogP contribution in [0.5, 0.6) is 0 Å². The molecule has 0 saturated carbocycles. The molecule has 2 aromatic heterocycles. The van der Waals surface area contributed by atoms with E-state index in [1.165, 1.54) is 5.52 Å². The van der Waals surface area contributed by atoms with Gasteiger partial charge in [0, 0.05) is 18.2 Å². The molecule has 2 rings (SSSR count). The van der Waals surface area contributed by atoms with Crippen LogP contribution in [0.1, 0.15) is 0 Å². The summed E-state index contributed by atoms with van der Waals surface area (Å²) >= 11 is 0. The third kappa shape index (κ3) is 0.598. The summed E-state index contributed by atoms with van der Waals surface area (Å²) in [7, 11) is 0. The lowest BCUT2D eigenvalue weighted by molar-refractivity contribution is -0.576. The van der Waals surface area contributed by atoms with Crippen LogP contribution < -0.4 is 4.52 Å². The molecule has 9 heavy (non-hydrogen) atoms. The minimum absolute atomic E-state index is 1.19. The lowest BCUT2D eigenvalue weighted by Crippen LogP contribution is -2.20. The van der Waals surface area contributed by atoms with Crippen LogP contribution in [0.25, 0.3) is 5.52 Å². The quantitative estimate of drug-likeness (QED) is 0.494. The molecular weight excluding hydrogens is 112 g/mol. The number of hydrogen-bond acceptors (Lipinski definition) is 0. The minimum atomic E-state index is 1.19. The molecule has 0 atom stereocenters. The van der Waals surface area contributed by atoms with Crippen molar-refractivity contribution >= 4 is 5.52 Å². The molecule has 2 heteroatoms. The van der Waals surface area contributed by atoms with Crippen molar-refractivity contribution in [1.29, 1.82) is 0 Å². The Morgan fingerprint density at radius 1 is 1.22 bits per heavy atom. The molecule has 44 valence electrons. The molecule has 2 heterocycles. The highest BCUT2D eigenvalue weighted by Gasteiger charge is 1.95. The normalized spacial score (nSPS) is 10.2. The molecule has 1 N–H and O–H groups in total. The highest BCUT2D eigenvalue weighted by Crippen LogP contribution is 1.90. The van der Waals surface area contributed by atoms with Gasteiger partial charge in [-0.25, -0.2) is 0 Å². The number of pyridine rings is 1. The van der Waals surface area contributed by atoms with Gasteiger partial charge in [0.2, 0.25) is 5.52 Å². The highest BCUT2D eigenvalue weighted by atomic mass is 15.2. The molecule has 0 aliphatic heterocycles. The molecule has 0 aliphatic carbocycles. The zero-order valence-corrected chi connectivity index (χ0v) is 4.91. The van der Waals surface area contributed by atoms with Crippen molar-refractivity contribution in [2.45, 2.75) is 0 Å². The molecule has 0 radical (unpaired) electrons. The first-order valence-corrected chi connectivity index (χ1v) is 2.90. The van der Waals surface area contributed by atoms with Gasteiger partial charge in [0.15, 0.2) is 6.20 Å². The molecule has 0 amide bonds. The largest absolute Gasteiger partial charge is 0.237 e. The summed E-state index contributed by atoms with van der Waals surface area (Å²) in [5.74, 6) is 0. The predicted molar refractivity (Wildman–Crippen MR) is 34.0 cm³/mol. The maximum atomic E-state index is 3.04.